The molecule has 2 fully saturated rings. The fourth-order valence-electron chi connectivity index (χ4n) is 6.85. The second-order valence-electron chi connectivity index (χ2n) is 11.6. The topological polar surface area (TPSA) is 64.8 Å². The third-order valence-electron chi connectivity index (χ3n) is 9.15. The zero-order valence-corrected chi connectivity index (χ0v) is 22.4. The van der Waals surface area contributed by atoms with Crippen molar-refractivity contribution >= 4 is 11.7 Å². The molecule has 4 heterocycles. The van der Waals surface area contributed by atoms with E-state index in [4.69, 9.17) is 4.42 Å². The van der Waals surface area contributed by atoms with Gasteiger partial charge in [-0.2, -0.15) is 9.37 Å². The Bertz CT molecular complexity index is 1340. The summed E-state index contributed by atoms with van der Waals surface area (Å²) in [6.07, 6.45) is 2.06. The highest BCUT2D eigenvalue weighted by atomic mass is 19.1. The van der Waals surface area contributed by atoms with E-state index in [0.717, 1.165) is 57.1 Å². The molecule has 2 N–H and O–H groups in total. The van der Waals surface area contributed by atoms with E-state index >= 15 is 0 Å². The van der Waals surface area contributed by atoms with Gasteiger partial charge in [0.25, 0.3) is 5.95 Å². The number of rotatable bonds is 5. The number of aliphatic hydroxyl groups excluding tert-OH is 1. The summed E-state index contributed by atoms with van der Waals surface area (Å²) < 4.78 is 47.3. The number of anilines is 2. The van der Waals surface area contributed by atoms with Crippen molar-refractivity contribution in [3.63, 3.8) is 0 Å². The largest absolute Gasteiger partial charge is 0.420 e. The van der Waals surface area contributed by atoms with Crippen LogP contribution in [0.2, 0.25) is 0 Å². The molecule has 2 unspecified atom stereocenters. The van der Waals surface area contributed by atoms with Crippen LogP contribution in [0.3, 0.4) is 0 Å². The van der Waals surface area contributed by atoms with Gasteiger partial charge in [-0.1, -0.05) is 19.1 Å². The minimum Gasteiger partial charge on any atom is -0.420 e. The van der Waals surface area contributed by atoms with Gasteiger partial charge >= 0.3 is 6.01 Å². The number of nitrogens with one attached hydrogen (secondary N) is 1. The average Bonchev–Trinajstić information content (AvgIpc) is 3.47. The van der Waals surface area contributed by atoms with E-state index in [9.17, 15) is 18.3 Å². The molecule has 0 aliphatic carbocycles. The number of aryl methyl sites for hydroxylation is 1. The molecule has 3 aliphatic rings. The number of hydrogen-bond acceptors (Lipinski definition) is 6. The van der Waals surface area contributed by atoms with Crippen LogP contribution in [0.25, 0.3) is 11.3 Å². The molecule has 1 spiro atoms. The lowest BCUT2D eigenvalue weighted by Crippen LogP contribution is -2.52. The maximum Gasteiger partial charge on any atom is 0.300 e. The van der Waals surface area contributed by atoms with Gasteiger partial charge in [-0.05, 0) is 73.9 Å². The van der Waals surface area contributed by atoms with Gasteiger partial charge in [0.05, 0.1) is 6.10 Å². The summed E-state index contributed by atoms with van der Waals surface area (Å²) >= 11 is 0. The molecule has 3 atom stereocenters. The molecule has 208 valence electrons. The number of aliphatic hydroxyl groups is 1. The summed E-state index contributed by atoms with van der Waals surface area (Å²) in [6.45, 7) is 9.08. The summed E-state index contributed by atoms with van der Waals surface area (Å²) in [5.41, 5.74) is 4.09. The number of halogens is 3. The molecule has 6 rings (SSSR count). The summed E-state index contributed by atoms with van der Waals surface area (Å²) in [5, 5.41) is 14.8. The zero-order valence-electron chi connectivity index (χ0n) is 22.4. The predicted octanol–water partition coefficient (Wildman–Crippen LogP) is 5.35. The number of piperidine rings is 2. The number of likely N-dealkylation sites (tertiary alicyclic amines) is 1. The first-order valence-corrected chi connectivity index (χ1v) is 13.8. The maximum atomic E-state index is 14.5. The molecule has 3 aliphatic heterocycles. The normalized spacial score (nSPS) is 24.7. The number of nitrogens with zero attached hydrogens (tertiary/aromatic N) is 3. The average molecular weight is 541 g/mol. The van der Waals surface area contributed by atoms with E-state index < -0.39 is 23.7 Å². The molecule has 1 aromatic heterocycles. The van der Waals surface area contributed by atoms with Crippen LogP contribution in [-0.4, -0.2) is 60.4 Å². The second kappa shape index (κ2) is 10.2. The Morgan fingerprint density at radius 3 is 2.56 bits per heavy atom. The summed E-state index contributed by atoms with van der Waals surface area (Å²) in [6, 6.07) is 9.60. The quantitative estimate of drug-likeness (QED) is 0.455. The van der Waals surface area contributed by atoms with Gasteiger partial charge in [0.1, 0.15) is 11.6 Å². The Morgan fingerprint density at radius 2 is 1.85 bits per heavy atom. The third-order valence-corrected chi connectivity index (χ3v) is 9.15. The minimum absolute atomic E-state index is 0.0291. The van der Waals surface area contributed by atoms with Gasteiger partial charge in [0.2, 0.25) is 0 Å². The summed E-state index contributed by atoms with van der Waals surface area (Å²) in [5.74, 6) is -2.20. The molecule has 0 bridgehead atoms. The van der Waals surface area contributed by atoms with Crippen LogP contribution in [-0.2, 0) is 5.41 Å². The molecular formula is C30H35F3N4O2. The lowest BCUT2D eigenvalue weighted by Gasteiger charge is -2.46. The van der Waals surface area contributed by atoms with Crippen molar-refractivity contribution in [2.75, 3.05) is 49.5 Å². The highest BCUT2D eigenvalue weighted by Crippen LogP contribution is 2.47. The Hall–Kier alpha value is -3.04. The molecule has 2 aromatic carbocycles. The Labute approximate surface area is 226 Å². The van der Waals surface area contributed by atoms with Crippen molar-refractivity contribution in [3.8, 4) is 11.3 Å². The van der Waals surface area contributed by atoms with Gasteiger partial charge in [0, 0.05) is 55.5 Å². The molecular weight excluding hydrogens is 505 g/mol. The predicted molar refractivity (Wildman–Crippen MR) is 144 cm³/mol. The van der Waals surface area contributed by atoms with Crippen molar-refractivity contribution in [1.29, 1.82) is 0 Å². The monoisotopic (exact) mass is 540 g/mol. The van der Waals surface area contributed by atoms with Gasteiger partial charge in [-0.25, -0.2) is 8.78 Å². The first-order chi connectivity index (χ1) is 18.7. The number of fused-ring (bicyclic) bond motifs is 2. The van der Waals surface area contributed by atoms with E-state index in [-0.39, 0.29) is 28.7 Å². The fraction of sp³-hybridized carbons (Fsp3) is 0.500. The molecule has 2 saturated heterocycles. The van der Waals surface area contributed by atoms with Crippen molar-refractivity contribution in [3.05, 3.63) is 65.1 Å². The second-order valence-corrected chi connectivity index (χ2v) is 11.6. The summed E-state index contributed by atoms with van der Waals surface area (Å²) in [7, 11) is 0. The van der Waals surface area contributed by atoms with Gasteiger partial charge in [-0.3, -0.25) is 0 Å². The molecule has 9 heteroatoms. The van der Waals surface area contributed by atoms with Crippen LogP contribution in [0.1, 0.15) is 37.3 Å². The van der Waals surface area contributed by atoms with Crippen LogP contribution >= 0.6 is 0 Å². The zero-order chi connectivity index (χ0) is 27.3. The van der Waals surface area contributed by atoms with E-state index in [2.05, 4.69) is 47.2 Å². The van der Waals surface area contributed by atoms with Crippen molar-refractivity contribution < 1.29 is 22.7 Å². The van der Waals surface area contributed by atoms with Crippen LogP contribution in [0.15, 0.2) is 40.8 Å². The molecule has 3 aromatic rings. The first kappa shape index (κ1) is 26.2. The Morgan fingerprint density at radius 1 is 1.10 bits per heavy atom. The number of β-amino-alcohol motifs (C(OH)–C–C–N with tert-alkyl or cyclic N) is 1. The lowest BCUT2D eigenvalue weighted by atomic mass is 9.67. The number of benzene rings is 2. The fourth-order valence-corrected chi connectivity index (χ4v) is 6.85. The van der Waals surface area contributed by atoms with Gasteiger partial charge in [0.15, 0.2) is 5.76 Å². The Kier molecular flexibility index (Phi) is 6.83. The number of oxazole rings is 1. The lowest BCUT2D eigenvalue weighted by molar-refractivity contribution is 0.0242. The van der Waals surface area contributed by atoms with Gasteiger partial charge in [-0.15, -0.1) is 0 Å². The molecule has 39 heavy (non-hydrogen) atoms. The summed E-state index contributed by atoms with van der Waals surface area (Å²) in [4.78, 5) is 8.09. The van der Waals surface area contributed by atoms with Crippen LogP contribution in [0, 0.1) is 36.3 Å². The Balaban J connectivity index is 1.04. The minimum atomic E-state index is -0.899. The van der Waals surface area contributed by atoms with Gasteiger partial charge < -0.3 is 24.6 Å². The third kappa shape index (κ3) is 4.91. The van der Waals surface area contributed by atoms with Crippen LogP contribution in [0.5, 0.6) is 0 Å². The number of aromatic nitrogens is 1. The first-order valence-electron chi connectivity index (χ1n) is 13.8. The van der Waals surface area contributed by atoms with Crippen molar-refractivity contribution in [2.24, 2.45) is 11.8 Å². The molecule has 0 amide bonds. The SMILES string of the molecule is Cc1ccc2c(c1)NCC21CCN(C[C@@H](O)C2CCN(c3nc(F)c(-c4cc(F)cc(F)c4)o3)CC2)CC1C. The highest BCUT2D eigenvalue weighted by Gasteiger charge is 2.46. The molecule has 0 radical (unpaired) electrons. The van der Waals surface area contributed by atoms with Crippen molar-refractivity contribution in [1.82, 2.24) is 9.88 Å². The molecule has 0 saturated carbocycles. The van der Waals surface area contributed by atoms with Crippen molar-refractivity contribution in [2.45, 2.75) is 44.6 Å². The van der Waals surface area contributed by atoms with Crippen LogP contribution in [0.4, 0.5) is 24.9 Å². The standard InChI is InChI=1S/C30H35F3N4O2/c1-18-3-4-24-25(11-18)34-17-30(24)7-10-36(15-19(30)2)16-26(38)20-5-8-37(9-6-20)29-35-28(33)27(39-29)21-12-22(31)14-23(32)13-21/h3-4,11-14,19-20,26,34,38H,5-10,15-17H2,1-2H3/t19?,26-,30?/m1/s1. The molecule has 6 nitrogen and oxygen atoms in total. The smallest absolute Gasteiger partial charge is 0.300 e. The van der Waals surface area contributed by atoms with E-state index in [1.54, 1.807) is 0 Å². The van der Waals surface area contributed by atoms with Crippen LogP contribution < -0.4 is 10.2 Å². The van der Waals surface area contributed by atoms with E-state index in [0.29, 0.717) is 25.6 Å². The number of hydrogen-bond donors (Lipinski definition) is 2. The maximum absolute atomic E-state index is 14.5. The van der Waals surface area contributed by atoms with E-state index in [1.165, 1.54) is 16.8 Å². The highest BCUT2D eigenvalue weighted by molar-refractivity contribution is 5.62. The van der Waals surface area contributed by atoms with E-state index in [1.807, 2.05) is 4.90 Å².